The number of aromatic nitrogens is 3. The van der Waals surface area contributed by atoms with E-state index in [0.717, 1.165) is 16.9 Å². The van der Waals surface area contributed by atoms with Gasteiger partial charge < -0.3 is 11.1 Å². The molecule has 0 aromatic carbocycles. The number of nitrogens with two attached hydrogens (primary N) is 1. The molecule has 0 saturated heterocycles. The smallest absolute Gasteiger partial charge is 0.124 e. The molecule has 2 heterocycles. The molecule has 3 N–H and O–H groups in total. The molecule has 0 saturated carbocycles. The topological polar surface area (TPSA) is 68.8 Å². The zero-order valence-electron chi connectivity index (χ0n) is 10.3. The quantitative estimate of drug-likeness (QED) is 0.814. The fraction of sp³-hybridized carbons (Fsp3) is 0.250. The van der Waals surface area contributed by atoms with Crippen molar-refractivity contribution in [2.24, 2.45) is 12.8 Å². The lowest BCUT2D eigenvalue weighted by atomic mass is 10.2. The minimum Gasteiger partial charge on any atom is -0.388 e. The highest BCUT2D eigenvalue weighted by Crippen LogP contribution is 2.14. The van der Waals surface area contributed by atoms with Crippen molar-refractivity contribution >= 4 is 22.9 Å². The summed E-state index contributed by atoms with van der Waals surface area (Å²) in [4.78, 5) is 4.46. The van der Waals surface area contributed by atoms with Crippen molar-refractivity contribution in [3.63, 3.8) is 0 Å². The van der Waals surface area contributed by atoms with Gasteiger partial charge in [-0.15, -0.1) is 0 Å². The molecule has 0 atom stereocenters. The van der Waals surface area contributed by atoms with Crippen molar-refractivity contribution in [1.82, 2.24) is 14.8 Å². The van der Waals surface area contributed by atoms with E-state index in [2.05, 4.69) is 15.4 Å². The van der Waals surface area contributed by atoms with E-state index in [0.29, 0.717) is 17.2 Å². The molecule has 2 aromatic rings. The Balaban J connectivity index is 2.16. The first-order chi connectivity index (χ1) is 8.59. The minimum absolute atomic E-state index is 0.293. The molecule has 0 bridgehead atoms. The van der Waals surface area contributed by atoms with E-state index in [4.69, 9.17) is 18.0 Å². The van der Waals surface area contributed by atoms with Crippen LogP contribution in [0.15, 0.2) is 24.5 Å². The van der Waals surface area contributed by atoms with Crippen LogP contribution in [0.1, 0.15) is 17.0 Å². The van der Waals surface area contributed by atoms with Crippen molar-refractivity contribution in [2.75, 3.05) is 5.32 Å². The Labute approximate surface area is 111 Å². The number of pyridine rings is 1. The van der Waals surface area contributed by atoms with Crippen molar-refractivity contribution < 1.29 is 0 Å². The van der Waals surface area contributed by atoms with Crippen LogP contribution in [0.4, 0.5) is 5.69 Å². The van der Waals surface area contributed by atoms with Crippen LogP contribution >= 0.6 is 12.2 Å². The van der Waals surface area contributed by atoms with E-state index in [1.165, 1.54) is 0 Å². The average Bonchev–Trinajstić information content (AvgIpc) is 2.68. The number of hydrogen-bond acceptors (Lipinski definition) is 4. The van der Waals surface area contributed by atoms with Crippen LogP contribution in [-0.4, -0.2) is 19.8 Å². The van der Waals surface area contributed by atoms with Crippen LogP contribution in [0, 0.1) is 6.92 Å². The molecule has 0 spiro atoms. The zero-order valence-corrected chi connectivity index (χ0v) is 11.2. The van der Waals surface area contributed by atoms with Gasteiger partial charge in [-0.3, -0.25) is 9.67 Å². The first kappa shape index (κ1) is 12.5. The summed E-state index contributed by atoms with van der Waals surface area (Å²) in [5.74, 6) is 0. The maximum absolute atomic E-state index is 5.63. The van der Waals surface area contributed by atoms with Crippen LogP contribution < -0.4 is 11.1 Å². The fourth-order valence-corrected chi connectivity index (χ4v) is 1.82. The molecular formula is C12H15N5S. The van der Waals surface area contributed by atoms with Crippen molar-refractivity contribution in [3.05, 3.63) is 41.5 Å². The van der Waals surface area contributed by atoms with Gasteiger partial charge in [0.25, 0.3) is 0 Å². The van der Waals surface area contributed by atoms with Gasteiger partial charge in [0, 0.05) is 31.0 Å². The monoisotopic (exact) mass is 261 g/mol. The molecule has 6 heteroatoms. The van der Waals surface area contributed by atoms with Gasteiger partial charge in [0.05, 0.1) is 11.9 Å². The van der Waals surface area contributed by atoms with Gasteiger partial charge in [-0.1, -0.05) is 12.2 Å². The summed E-state index contributed by atoms with van der Waals surface area (Å²) in [7, 11) is 1.92. The maximum atomic E-state index is 5.63. The van der Waals surface area contributed by atoms with Gasteiger partial charge in [0.1, 0.15) is 10.7 Å². The van der Waals surface area contributed by atoms with Crippen LogP contribution in [0.3, 0.4) is 0 Å². The van der Waals surface area contributed by atoms with Gasteiger partial charge >= 0.3 is 0 Å². The highest BCUT2D eigenvalue weighted by atomic mass is 32.1. The summed E-state index contributed by atoms with van der Waals surface area (Å²) in [6.45, 7) is 2.70. The number of nitrogens with zero attached hydrogens (tertiary/aromatic N) is 3. The van der Waals surface area contributed by atoms with Crippen molar-refractivity contribution in [3.8, 4) is 0 Å². The van der Waals surface area contributed by atoms with Gasteiger partial charge in [0.2, 0.25) is 0 Å². The zero-order chi connectivity index (χ0) is 13.1. The lowest BCUT2D eigenvalue weighted by molar-refractivity contribution is 0.738. The van der Waals surface area contributed by atoms with Gasteiger partial charge in [-0.2, -0.15) is 5.10 Å². The molecule has 18 heavy (non-hydrogen) atoms. The highest BCUT2D eigenvalue weighted by molar-refractivity contribution is 7.80. The van der Waals surface area contributed by atoms with E-state index in [9.17, 15) is 0 Å². The highest BCUT2D eigenvalue weighted by Gasteiger charge is 2.07. The van der Waals surface area contributed by atoms with E-state index in [-0.39, 0.29) is 0 Å². The Morgan fingerprint density at radius 3 is 2.94 bits per heavy atom. The predicted octanol–water partition coefficient (Wildman–Crippen LogP) is 1.37. The Hall–Kier alpha value is -1.95. The summed E-state index contributed by atoms with van der Waals surface area (Å²) >= 11 is 4.97. The summed E-state index contributed by atoms with van der Waals surface area (Å²) in [6.07, 6.45) is 3.52. The molecule has 0 amide bonds. The summed E-state index contributed by atoms with van der Waals surface area (Å²) in [6, 6.07) is 3.76. The third kappa shape index (κ3) is 2.48. The summed E-state index contributed by atoms with van der Waals surface area (Å²) < 4.78 is 1.84. The molecule has 94 valence electrons. The second-order valence-electron chi connectivity index (χ2n) is 4.00. The standard InChI is InChI=1S/C12H15N5S/c1-8-9(7-16-17(8)2)6-15-10-4-3-5-14-11(10)12(13)18/h3-5,7,15H,6H2,1-2H3,(H2,13,18). The van der Waals surface area contributed by atoms with Crippen LogP contribution in [0.25, 0.3) is 0 Å². The number of thiocarbonyl (C=S) groups is 1. The Morgan fingerprint density at radius 2 is 2.33 bits per heavy atom. The molecule has 0 aliphatic rings. The third-order valence-electron chi connectivity index (χ3n) is 2.85. The largest absolute Gasteiger partial charge is 0.388 e. The second kappa shape index (κ2) is 5.14. The molecule has 2 aromatic heterocycles. The SMILES string of the molecule is Cc1c(CNc2cccnc2C(N)=S)cnn1C. The molecule has 0 aliphatic carbocycles. The van der Waals surface area contributed by atoms with Crippen LogP contribution in [0.2, 0.25) is 0 Å². The lowest BCUT2D eigenvalue weighted by Gasteiger charge is -2.09. The van der Waals surface area contributed by atoms with Crippen molar-refractivity contribution in [2.45, 2.75) is 13.5 Å². The van der Waals surface area contributed by atoms with Crippen LogP contribution in [0.5, 0.6) is 0 Å². The second-order valence-corrected chi connectivity index (χ2v) is 4.44. The molecule has 0 fully saturated rings. The normalized spacial score (nSPS) is 10.3. The number of hydrogen-bond donors (Lipinski definition) is 2. The predicted molar refractivity (Wildman–Crippen MR) is 75.4 cm³/mol. The van der Waals surface area contributed by atoms with Gasteiger partial charge in [-0.25, -0.2) is 0 Å². The average molecular weight is 261 g/mol. The molecule has 0 aliphatic heterocycles. The summed E-state index contributed by atoms with van der Waals surface area (Å²) in [5.41, 5.74) is 9.35. The van der Waals surface area contributed by atoms with Crippen LogP contribution in [-0.2, 0) is 13.6 Å². The van der Waals surface area contributed by atoms with E-state index < -0.39 is 0 Å². The van der Waals surface area contributed by atoms with E-state index in [1.54, 1.807) is 6.20 Å². The molecular weight excluding hydrogens is 246 g/mol. The number of nitrogens with one attached hydrogen (secondary N) is 1. The molecule has 2 rings (SSSR count). The Kier molecular flexibility index (Phi) is 3.57. The molecule has 0 unspecified atom stereocenters. The third-order valence-corrected chi connectivity index (χ3v) is 3.04. The van der Waals surface area contributed by atoms with Gasteiger partial charge in [-0.05, 0) is 19.1 Å². The molecule has 0 radical (unpaired) electrons. The Morgan fingerprint density at radius 1 is 1.56 bits per heavy atom. The number of anilines is 1. The first-order valence-electron chi connectivity index (χ1n) is 5.55. The van der Waals surface area contributed by atoms with E-state index >= 15 is 0 Å². The summed E-state index contributed by atoms with van der Waals surface area (Å²) in [5, 5.41) is 7.48. The number of aryl methyl sites for hydroxylation is 1. The van der Waals surface area contributed by atoms with Crippen molar-refractivity contribution in [1.29, 1.82) is 0 Å². The lowest BCUT2D eigenvalue weighted by Crippen LogP contribution is -2.15. The Bertz CT molecular complexity index is 576. The number of rotatable bonds is 4. The molecule has 5 nitrogen and oxygen atoms in total. The first-order valence-corrected chi connectivity index (χ1v) is 5.96. The minimum atomic E-state index is 0.293. The fourth-order valence-electron chi connectivity index (χ4n) is 1.65. The maximum Gasteiger partial charge on any atom is 0.124 e. The van der Waals surface area contributed by atoms with E-state index in [1.807, 2.05) is 37.0 Å². The van der Waals surface area contributed by atoms with Gasteiger partial charge in [0.15, 0.2) is 0 Å².